The van der Waals surface area contributed by atoms with Crippen LogP contribution in [-0.4, -0.2) is 53.7 Å². The van der Waals surface area contributed by atoms with Crippen molar-refractivity contribution in [2.45, 2.75) is 20.4 Å². The molecule has 2 heterocycles. The first-order valence-corrected chi connectivity index (χ1v) is 9.45. The van der Waals surface area contributed by atoms with E-state index in [0.29, 0.717) is 36.2 Å². The van der Waals surface area contributed by atoms with Gasteiger partial charge in [-0.1, -0.05) is 17.7 Å². The molecule has 0 aliphatic carbocycles. The number of nitrogens with zero attached hydrogens (tertiary/aromatic N) is 3. The van der Waals surface area contributed by atoms with Crippen molar-refractivity contribution < 1.29 is 14.3 Å². The van der Waals surface area contributed by atoms with E-state index in [1.165, 1.54) is 0 Å². The molecule has 1 aromatic heterocycles. The maximum atomic E-state index is 12.3. The number of piperazine rings is 1. The maximum Gasteiger partial charge on any atom is 0.415 e. The number of hydrogen-bond acceptors (Lipinski definition) is 5. The van der Waals surface area contributed by atoms with Crippen LogP contribution in [-0.2, 0) is 6.54 Å². The predicted octanol–water partition coefficient (Wildman–Crippen LogP) is 3.76. The fraction of sp³-hybridized carbons (Fsp3) is 0.400. The smallest absolute Gasteiger partial charge is 0.415 e. The fourth-order valence-electron chi connectivity index (χ4n) is 3.01. The number of benzene rings is 1. The molecule has 2 aromatic rings. The van der Waals surface area contributed by atoms with Crippen LogP contribution in [0.5, 0.6) is 11.5 Å². The summed E-state index contributed by atoms with van der Waals surface area (Å²) in [6.07, 6.45) is 2.95. The number of rotatable bonds is 5. The van der Waals surface area contributed by atoms with Crippen LogP contribution in [0.4, 0.5) is 4.79 Å². The molecule has 0 saturated carbocycles. The highest BCUT2D eigenvalue weighted by Gasteiger charge is 2.23. The Bertz CT molecular complexity index is 792. The molecule has 0 atom stereocenters. The quantitative estimate of drug-likeness (QED) is 0.779. The summed E-state index contributed by atoms with van der Waals surface area (Å²) >= 11 is 6.15. The number of amides is 1. The molecule has 3 rings (SSSR count). The first kappa shape index (κ1) is 19.5. The van der Waals surface area contributed by atoms with Crippen LogP contribution < -0.4 is 9.47 Å². The van der Waals surface area contributed by atoms with Gasteiger partial charge in [-0.15, -0.1) is 0 Å². The number of carbonyl (C=O) groups is 1. The van der Waals surface area contributed by atoms with E-state index in [2.05, 4.69) is 9.88 Å². The molecule has 7 heteroatoms. The molecule has 1 aliphatic rings. The minimum absolute atomic E-state index is 0.327. The van der Waals surface area contributed by atoms with E-state index < -0.39 is 0 Å². The Morgan fingerprint density at radius 2 is 1.96 bits per heavy atom. The van der Waals surface area contributed by atoms with Crippen molar-refractivity contribution in [3.63, 3.8) is 0 Å². The number of aryl methyl sites for hydroxylation is 1. The Kier molecular flexibility index (Phi) is 6.53. The normalized spacial score (nSPS) is 14.9. The van der Waals surface area contributed by atoms with E-state index >= 15 is 0 Å². The van der Waals surface area contributed by atoms with Crippen LogP contribution in [0.15, 0.2) is 36.7 Å². The number of pyridine rings is 1. The zero-order valence-corrected chi connectivity index (χ0v) is 16.4. The van der Waals surface area contributed by atoms with Crippen LogP contribution in [0.1, 0.15) is 18.1 Å². The fourth-order valence-corrected chi connectivity index (χ4v) is 3.18. The van der Waals surface area contributed by atoms with Gasteiger partial charge in [0, 0.05) is 38.9 Å². The highest BCUT2D eigenvalue weighted by atomic mass is 35.5. The van der Waals surface area contributed by atoms with Crippen molar-refractivity contribution in [1.29, 1.82) is 0 Å². The third-order valence-electron chi connectivity index (χ3n) is 4.39. The second kappa shape index (κ2) is 9.06. The predicted molar refractivity (Wildman–Crippen MR) is 104 cm³/mol. The molecule has 144 valence electrons. The van der Waals surface area contributed by atoms with Crippen LogP contribution in [0, 0.1) is 6.92 Å². The zero-order chi connectivity index (χ0) is 19.2. The SMILES string of the molecule is CCOc1cc(CN2CCN(C(=O)Oc3cncc(C)c3)CC2)ccc1Cl. The summed E-state index contributed by atoms with van der Waals surface area (Å²) in [5.41, 5.74) is 2.10. The Balaban J connectivity index is 1.51. The van der Waals surface area contributed by atoms with Crippen molar-refractivity contribution >= 4 is 17.7 Å². The summed E-state index contributed by atoms with van der Waals surface area (Å²) in [7, 11) is 0. The number of hydrogen-bond donors (Lipinski definition) is 0. The first-order chi connectivity index (χ1) is 13.0. The van der Waals surface area contributed by atoms with E-state index in [9.17, 15) is 4.79 Å². The minimum Gasteiger partial charge on any atom is -0.492 e. The van der Waals surface area contributed by atoms with Gasteiger partial charge in [-0.25, -0.2) is 4.79 Å². The summed E-state index contributed by atoms with van der Waals surface area (Å²) in [5.74, 6) is 1.19. The molecule has 27 heavy (non-hydrogen) atoms. The maximum absolute atomic E-state index is 12.3. The molecule has 1 saturated heterocycles. The van der Waals surface area contributed by atoms with Gasteiger partial charge < -0.3 is 14.4 Å². The van der Waals surface area contributed by atoms with Crippen molar-refractivity contribution in [2.75, 3.05) is 32.8 Å². The Morgan fingerprint density at radius 3 is 2.67 bits per heavy atom. The Labute approximate surface area is 164 Å². The zero-order valence-electron chi connectivity index (χ0n) is 15.7. The largest absolute Gasteiger partial charge is 0.492 e. The van der Waals surface area contributed by atoms with Gasteiger partial charge >= 0.3 is 6.09 Å². The second-order valence-electron chi connectivity index (χ2n) is 6.53. The highest BCUT2D eigenvalue weighted by molar-refractivity contribution is 6.32. The lowest BCUT2D eigenvalue weighted by atomic mass is 10.2. The third-order valence-corrected chi connectivity index (χ3v) is 4.70. The molecule has 0 N–H and O–H groups in total. The number of carbonyl (C=O) groups excluding carboxylic acids is 1. The van der Waals surface area contributed by atoms with Crippen molar-refractivity contribution in [3.8, 4) is 11.5 Å². The van der Waals surface area contributed by atoms with Crippen molar-refractivity contribution in [1.82, 2.24) is 14.8 Å². The molecular weight excluding hydrogens is 366 g/mol. The number of halogens is 1. The third kappa shape index (κ3) is 5.34. The molecule has 1 fully saturated rings. The lowest BCUT2D eigenvalue weighted by molar-refractivity contribution is 0.108. The van der Waals surface area contributed by atoms with E-state index in [-0.39, 0.29) is 6.09 Å². The van der Waals surface area contributed by atoms with Gasteiger partial charge in [-0.2, -0.15) is 0 Å². The van der Waals surface area contributed by atoms with Crippen molar-refractivity contribution in [2.24, 2.45) is 0 Å². The molecule has 1 aromatic carbocycles. The van der Waals surface area contributed by atoms with Gasteiger partial charge in [0.2, 0.25) is 0 Å². The van der Waals surface area contributed by atoms with Crippen molar-refractivity contribution in [3.05, 3.63) is 52.8 Å². The summed E-state index contributed by atoms with van der Waals surface area (Å²) in [5, 5.41) is 0.624. The highest BCUT2D eigenvalue weighted by Crippen LogP contribution is 2.26. The molecular formula is C20H24ClN3O3. The van der Waals surface area contributed by atoms with Gasteiger partial charge in [-0.3, -0.25) is 9.88 Å². The standard InChI is InChI=1S/C20H24ClN3O3/c1-3-26-19-11-16(4-5-18(19)21)14-23-6-8-24(9-7-23)20(25)27-17-10-15(2)12-22-13-17/h4-5,10-13H,3,6-9,14H2,1-2H3. The van der Waals surface area contributed by atoms with E-state index in [0.717, 1.165) is 30.8 Å². The summed E-state index contributed by atoms with van der Waals surface area (Å²) in [6.45, 7) is 8.06. The summed E-state index contributed by atoms with van der Waals surface area (Å²) in [4.78, 5) is 20.4. The Hall–Kier alpha value is -2.31. The van der Waals surface area contributed by atoms with E-state index in [1.54, 1.807) is 23.4 Å². The van der Waals surface area contributed by atoms with Crippen LogP contribution >= 0.6 is 11.6 Å². The van der Waals surface area contributed by atoms with E-state index in [4.69, 9.17) is 21.1 Å². The minimum atomic E-state index is -0.327. The second-order valence-corrected chi connectivity index (χ2v) is 6.93. The lowest BCUT2D eigenvalue weighted by Crippen LogP contribution is -2.49. The topological polar surface area (TPSA) is 54.9 Å². The molecule has 0 radical (unpaired) electrons. The average molecular weight is 390 g/mol. The molecule has 1 aliphatic heterocycles. The lowest BCUT2D eigenvalue weighted by Gasteiger charge is -2.34. The summed E-state index contributed by atoms with van der Waals surface area (Å²) in [6, 6.07) is 7.66. The van der Waals surface area contributed by atoms with Crippen LogP contribution in [0.3, 0.4) is 0 Å². The molecule has 0 spiro atoms. The monoisotopic (exact) mass is 389 g/mol. The number of ether oxygens (including phenoxy) is 2. The van der Waals surface area contributed by atoms with E-state index in [1.807, 2.05) is 32.0 Å². The van der Waals surface area contributed by atoms with Crippen LogP contribution in [0.25, 0.3) is 0 Å². The van der Waals surface area contributed by atoms with Gasteiger partial charge in [0.25, 0.3) is 0 Å². The van der Waals surface area contributed by atoms with Crippen LogP contribution in [0.2, 0.25) is 5.02 Å². The van der Waals surface area contributed by atoms with Gasteiger partial charge in [0.15, 0.2) is 5.75 Å². The average Bonchev–Trinajstić information content (AvgIpc) is 2.65. The van der Waals surface area contributed by atoms with Gasteiger partial charge in [0.05, 0.1) is 17.8 Å². The van der Waals surface area contributed by atoms with Gasteiger partial charge in [-0.05, 0) is 43.2 Å². The van der Waals surface area contributed by atoms with Gasteiger partial charge in [0.1, 0.15) is 5.75 Å². The summed E-state index contributed by atoms with van der Waals surface area (Å²) < 4.78 is 11.0. The molecule has 6 nitrogen and oxygen atoms in total. The first-order valence-electron chi connectivity index (χ1n) is 9.07. The molecule has 0 unspecified atom stereocenters. The Morgan fingerprint density at radius 1 is 1.19 bits per heavy atom. The number of aromatic nitrogens is 1. The molecule has 0 bridgehead atoms. The molecule has 1 amide bonds.